The first-order valence-corrected chi connectivity index (χ1v) is 7.64. The van der Waals surface area contributed by atoms with Crippen molar-refractivity contribution in [2.24, 2.45) is 11.5 Å². The number of aromatic nitrogens is 4. The Morgan fingerprint density at radius 3 is 2.70 bits per heavy atom. The SMILES string of the molecule is N=C(N)SCCn1cc2cnc(CSC(=N)N)nc2n1. The number of hydrogen-bond acceptors (Lipinski definition) is 7. The first-order chi connectivity index (χ1) is 9.54. The van der Waals surface area contributed by atoms with Crippen LogP contribution in [0.5, 0.6) is 0 Å². The number of hydrogen-bond donors (Lipinski definition) is 4. The monoisotopic (exact) mass is 310 g/mol. The van der Waals surface area contributed by atoms with Crippen molar-refractivity contribution in [3.8, 4) is 0 Å². The van der Waals surface area contributed by atoms with E-state index in [-0.39, 0.29) is 10.3 Å². The van der Waals surface area contributed by atoms with Crippen LogP contribution in [-0.2, 0) is 12.3 Å². The number of amidine groups is 2. The minimum Gasteiger partial charge on any atom is -0.379 e. The highest BCUT2D eigenvalue weighted by Crippen LogP contribution is 2.12. The van der Waals surface area contributed by atoms with E-state index in [2.05, 4.69) is 15.1 Å². The standard InChI is InChI=1S/C10H14N8S2/c11-9(12)19-2-1-18-4-6-3-15-7(5-20-10(13)14)16-8(6)17-18/h3-4H,1-2,5H2,(H3,11,12)(H3,13,14). The van der Waals surface area contributed by atoms with Crippen LogP contribution in [0.15, 0.2) is 12.4 Å². The summed E-state index contributed by atoms with van der Waals surface area (Å²) in [5.74, 6) is 1.74. The zero-order valence-electron chi connectivity index (χ0n) is 10.5. The number of nitrogens with two attached hydrogens (primary N) is 2. The molecule has 0 unspecified atom stereocenters. The molecule has 0 aromatic carbocycles. The van der Waals surface area contributed by atoms with Crippen molar-refractivity contribution in [2.45, 2.75) is 12.3 Å². The number of thioether (sulfide) groups is 2. The van der Waals surface area contributed by atoms with Crippen LogP contribution in [0.1, 0.15) is 5.82 Å². The Morgan fingerprint density at radius 1 is 1.25 bits per heavy atom. The van der Waals surface area contributed by atoms with Gasteiger partial charge in [-0.25, -0.2) is 9.97 Å². The van der Waals surface area contributed by atoms with Gasteiger partial charge in [0.2, 0.25) is 0 Å². The first-order valence-electron chi connectivity index (χ1n) is 5.67. The Hall–Kier alpha value is -1.81. The Balaban J connectivity index is 2.05. The van der Waals surface area contributed by atoms with Crippen molar-refractivity contribution in [3.05, 3.63) is 18.2 Å². The molecule has 0 radical (unpaired) electrons. The molecule has 2 rings (SSSR count). The van der Waals surface area contributed by atoms with Crippen LogP contribution in [0.25, 0.3) is 11.0 Å². The summed E-state index contributed by atoms with van der Waals surface area (Å²) in [7, 11) is 0. The van der Waals surface area contributed by atoms with Crippen LogP contribution < -0.4 is 11.5 Å². The number of rotatable bonds is 5. The van der Waals surface area contributed by atoms with Gasteiger partial charge in [0.05, 0.1) is 17.7 Å². The molecule has 6 N–H and O–H groups in total. The highest BCUT2D eigenvalue weighted by molar-refractivity contribution is 8.13. The van der Waals surface area contributed by atoms with Gasteiger partial charge in [-0.3, -0.25) is 15.5 Å². The van der Waals surface area contributed by atoms with E-state index < -0.39 is 0 Å². The molecule has 0 saturated heterocycles. The third-order valence-corrected chi connectivity index (χ3v) is 3.70. The van der Waals surface area contributed by atoms with Crippen molar-refractivity contribution in [3.63, 3.8) is 0 Å². The van der Waals surface area contributed by atoms with E-state index in [1.807, 2.05) is 6.20 Å². The number of aryl methyl sites for hydroxylation is 1. The van der Waals surface area contributed by atoms with Gasteiger partial charge in [-0.15, -0.1) is 0 Å². The Kier molecular flexibility index (Phi) is 4.79. The van der Waals surface area contributed by atoms with Crippen molar-refractivity contribution >= 4 is 44.9 Å². The summed E-state index contributed by atoms with van der Waals surface area (Å²) in [4.78, 5) is 8.53. The second-order valence-corrected chi connectivity index (χ2v) is 5.98. The van der Waals surface area contributed by atoms with E-state index in [9.17, 15) is 0 Å². The fourth-order valence-electron chi connectivity index (χ4n) is 1.48. The van der Waals surface area contributed by atoms with E-state index in [0.717, 1.165) is 5.39 Å². The predicted octanol–water partition coefficient (Wildman–Crippen LogP) is 0.580. The molecule has 2 heterocycles. The van der Waals surface area contributed by atoms with E-state index in [1.54, 1.807) is 10.9 Å². The van der Waals surface area contributed by atoms with E-state index in [0.29, 0.717) is 29.5 Å². The lowest BCUT2D eigenvalue weighted by Gasteiger charge is -1.98. The molecule has 2 aromatic heterocycles. The summed E-state index contributed by atoms with van der Waals surface area (Å²) < 4.78 is 1.76. The molecule has 20 heavy (non-hydrogen) atoms. The summed E-state index contributed by atoms with van der Waals surface area (Å²) in [5, 5.41) is 19.6. The van der Waals surface area contributed by atoms with Gasteiger partial charge < -0.3 is 11.5 Å². The molecule has 8 nitrogen and oxygen atoms in total. The molecule has 106 valence electrons. The average Bonchev–Trinajstić information content (AvgIpc) is 2.77. The van der Waals surface area contributed by atoms with Gasteiger partial charge in [0, 0.05) is 18.1 Å². The quantitative estimate of drug-likeness (QED) is 0.467. The lowest BCUT2D eigenvalue weighted by molar-refractivity contribution is 0.673. The third kappa shape index (κ3) is 4.10. The van der Waals surface area contributed by atoms with E-state index >= 15 is 0 Å². The van der Waals surface area contributed by atoms with Crippen LogP contribution >= 0.6 is 23.5 Å². The molecule has 10 heteroatoms. The largest absolute Gasteiger partial charge is 0.379 e. The second-order valence-electron chi connectivity index (χ2n) is 3.82. The molecule has 0 atom stereocenters. The maximum atomic E-state index is 7.16. The highest BCUT2D eigenvalue weighted by atomic mass is 32.2. The van der Waals surface area contributed by atoms with Crippen LogP contribution in [0.2, 0.25) is 0 Å². The van der Waals surface area contributed by atoms with Crippen LogP contribution in [-0.4, -0.2) is 35.8 Å². The average molecular weight is 310 g/mol. The summed E-state index contributed by atoms with van der Waals surface area (Å²) in [5.41, 5.74) is 11.2. The summed E-state index contributed by atoms with van der Waals surface area (Å²) in [6.45, 7) is 0.651. The zero-order chi connectivity index (χ0) is 14.5. The topological polar surface area (TPSA) is 143 Å². The molecular formula is C10H14N8S2. The lowest BCUT2D eigenvalue weighted by atomic mass is 10.4. The van der Waals surface area contributed by atoms with Crippen LogP contribution in [0.3, 0.4) is 0 Å². The van der Waals surface area contributed by atoms with Gasteiger partial charge in [0.1, 0.15) is 5.82 Å². The molecule has 0 bridgehead atoms. The summed E-state index contributed by atoms with van der Waals surface area (Å²) in [6, 6.07) is 0. The fraction of sp³-hybridized carbons (Fsp3) is 0.300. The molecule has 0 aliphatic rings. The van der Waals surface area contributed by atoms with Gasteiger partial charge >= 0.3 is 0 Å². The molecular weight excluding hydrogens is 296 g/mol. The van der Waals surface area contributed by atoms with Crippen molar-refractivity contribution < 1.29 is 0 Å². The smallest absolute Gasteiger partial charge is 0.184 e. The normalized spacial score (nSPS) is 10.8. The van der Waals surface area contributed by atoms with Crippen molar-refractivity contribution in [2.75, 3.05) is 5.75 Å². The van der Waals surface area contributed by atoms with Gasteiger partial charge in [-0.2, -0.15) is 5.10 Å². The Morgan fingerprint density at radius 2 is 2.00 bits per heavy atom. The number of fused-ring (bicyclic) bond motifs is 1. The fourth-order valence-corrected chi connectivity index (χ4v) is 2.40. The number of nitrogens with one attached hydrogen (secondary N) is 2. The van der Waals surface area contributed by atoms with Crippen molar-refractivity contribution in [1.82, 2.24) is 19.7 Å². The summed E-state index contributed by atoms with van der Waals surface area (Å²) >= 11 is 2.45. The Bertz CT molecular complexity index is 637. The molecule has 2 aromatic rings. The molecule has 0 aliphatic carbocycles. The molecule has 0 fully saturated rings. The van der Waals surface area contributed by atoms with Crippen LogP contribution in [0.4, 0.5) is 0 Å². The van der Waals surface area contributed by atoms with Gasteiger partial charge in [-0.1, -0.05) is 23.5 Å². The predicted molar refractivity (Wildman–Crippen MR) is 82.9 cm³/mol. The molecule has 0 saturated carbocycles. The van der Waals surface area contributed by atoms with Crippen LogP contribution in [0, 0.1) is 10.8 Å². The van der Waals surface area contributed by atoms with E-state index in [4.69, 9.17) is 22.3 Å². The van der Waals surface area contributed by atoms with E-state index in [1.165, 1.54) is 23.5 Å². The maximum absolute atomic E-state index is 7.16. The van der Waals surface area contributed by atoms with Gasteiger partial charge in [-0.05, 0) is 0 Å². The Labute approximate surface area is 123 Å². The molecule has 0 aliphatic heterocycles. The second kappa shape index (κ2) is 6.57. The third-order valence-electron chi connectivity index (χ3n) is 2.29. The first kappa shape index (κ1) is 14.6. The van der Waals surface area contributed by atoms with Crippen molar-refractivity contribution in [1.29, 1.82) is 10.8 Å². The zero-order valence-corrected chi connectivity index (χ0v) is 12.2. The lowest BCUT2D eigenvalue weighted by Crippen LogP contribution is -2.08. The number of nitrogens with zero attached hydrogens (tertiary/aromatic N) is 4. The minimum atomic E-state index is 0.0421. The molecule has 0 spiro atoms. The summed E-state index contributed by atoms with van der Waals surface area (Å²) in [6.07, 6.45) is 3.57. The van der Waals surface area contributed by atoms with Gasteiger partial charge in [0.25, 0.3) is 0 Å². The highest BCUT2D eigenvalue weighted by Gasteiger charge is 2.06. The van der Waals surface area contributed by atoms with Gasteiger partial charge in [0.15, 0.2) is 16.0 Å². The minimum absolute atomic E-state index is 0.0421. The maximum Gasteiger partial charge on any atom is 0.184 e. The molecule has 0 amide bonds.